The first-order valence-corrected chi connectivity index (χ1v) is 7.55. The van der Waals surface area contributed by atoms with E-state index in [4.69, 9.17) is 32.0 Å². The molecule has 136 valence electrons. The van der Waals surface area contributed by atoms with Gasteiger partial charge in [0.1, 0.15) is 12.4 Å². The lowest BCUT2D eigenvalue weighted by Crippen LogP contribution is -2.17. The van der Waals surface area contributed by atoms with Crippen LogP contribution in [0.5, 0.6) is 17.2 Å². The summed E-state index contributed by atoms with van der Waals surface area (Å²) in [5, 5.41) is 10.5. The quantitative estimate of drug-likeness (QED) is 0.693. The molecule has 1 N–H and O–H groups in total. The highest BCUT2D eigenvalue weighted by Gasteiger charge is 2.07. The molecule has 1 atom stereocenters. The van der Waals surface area contributed by atoms with Crippen molar-refractivity contribution in [1.29, 1.82) is 0 Å². The summed E-state index contributed by atoms with van der Waals surface area (Å²) in [4.78, 5) is 0. The molecule has 4 heteroatoms. The van der Waals surface area contributed by atoms with E-state index in [0.29, 0.717) is 0 Å². The lowest BCUT2D eigenvalue weighted by molar-refractivity contribution is 0.0976. The van der Waals surface area contributed by atoms with Gasteiger partial charge in [-0.25, -0.2) is 0 Å². The fraction of sp³-hybridized carbons (Fsp3) is 0.429. The fourth-order valence-electron chi connectivity index (χ4n) is 1.93. The Hall–Kier alpha value is -2.20. The van der Waals surface area contributed by atoms with E-state index in [2.05, 4.69) is 0 Å². The zero-order valence-electron chi connectivity index (χ0n) is 27.0. The van der Waals surface area contributed by atoms with Crippen LogP contribution in [0.4, 0.5) is 0 Å². The van der Waals surface area contributed by atoms with Crippen LogP contribution in [0.15, 0.2) is 42.3 Å². The number of benzene rings is 2. The first-order chi connectivity index (χ1) is 17.3. The summed E-state index contributed by atoms with van der Waals surface area (Å²) in [7, 11) is -1.81. The van der Waals surface area contributed by atoms with Crippen molar-refractivity contribution in [2.45, 2.75) is 38.6 Å². The molecule has 0 fully saturated rings. The molecule has 0 aliphatic heterocycles. The first kappa shape index (κ1) is 8.00. The average Bonchev–Trinajstić information content (AvgIpc) is 2.81. The van der Waals surface area contributed by atoms with Crippen molar-refractivity contribution in [3.63, 3.8) is 0 Å². The Balaban J connectivity index is 2.21. The summed E-state index contributed by atoms with van der Waals surface area (Å²) in [6.45, 7) is 0.383. The maximum atomic E-state index is 10.5. The van der Waals surface area contributed by atoms with Crippen LogP contribution in [0, 0.1) is 6.92 Å². The van der Waals surface area contributed by atoms with Crippen LogP contribution >= 0.6 is 0 Å². The second-order valence-electron chi connectivity index (χ2n) is 5.04. The van der Waals surface area contributed by atoms with Crippen molar-refractivity contribution in [3.05, 3.63) is 53.4 Å². The van der Waals surface area contributed by atoms with Crippen molar-refractivity contribution in [2.75, 3.05) is 20.8 Å². The Kier molecular flexibility index (Phi) is 3.18. The molecule has 2 aromatic rings. The predicted molar refractivity (Wildman–Crippen MR) is 99.8 cm³/mol. The van der Waals surface area contributed by atoms with E-state index in [1.54, 1.807) is 0 Å². The largest absolute Gasteiger partial charge is 0.493 e. The zero-order chi connectivity index (χ0) is 29.4. The van der Waals surface area contributed by atoms with Gasteiger partial charge in [-0.3, -0.25) is 0 Å². The summed E-state index contributed by atoms with van der Waals surface area (Å²) in [5.74, 6) is -1.42. The molecule has 0 amide bonds. The summed E-state index contributed by atoms with van der Waals surface area (Å²) >= 11 is 0. The molecule has 2 aromatic carbocycles. The Morgan fingerprint density at radius 1 is 1.20 bits per heavy atom. The van der Waals surface area contributed by atoms with Crippen LogP contribution in [0.25, 0.3) is 0 Å². The molecular formula is C21H28O4. The summed E-state index contributed by atoms with van der Waals surface area (Å²) in [6, 6.07) is -3.38. The minimum absolute atomic E-state index is 0.0445. The summed E-state index contributed by atoms with van der Waals surface area (Å²) < 4.78 is 117. The molecule has 0 aromatic heterocycles. The van der Waals surface area contributed by atoms with Gasteiger partial charge in [0.25, 0.3) is 0 Å². The van der Waals surface area contributed by atoms with Crippen LogP contribution in [-0.4, -0.2) is 31.9 Å². The second-order valence-corrected chi connectivity index (χ2v) is 5.04. The first-order valence-electron chi connectivity index (χ1n) is 14.0. The Labute approximate surface area is 168 Å². The lowest BCUT2D eigenvalue weighted by atomic mass is 10.0. The number of ether oxygens (including phenoxy) is 3. The fourth-order valence-corrected chi connectivity index (χ4v) is 1.93. The van der Waals surface area contributed by atoms with Crippen molar-refractivity contribution >= 4 is 0 Å². The van der Waals surface area contributed by atoms with Gasteiger partial charge in [-0.15, -0.1) is 0 Å². The molecule has 4 nitrogen and oxygen atoms in total. The van der Waals surface area contributed by atoms with Crippen LogP contribution in [-0.2, 0) is 6.42 Å². The Bertz CT molecular complexity index is 1170. The Morgan fingerprint density at radius 3 is 2.88 bits per heavy atom. The predicted octanol–water partition coefficient (Wildman–Crippen LogP) is 4.16. The molecule has 0 bridgehead atoms. The molecule has 0 heterocycles. The molecule has 0 saturated heterocycles. The number of hydrogen-bond acceptors (Lipinski definition) is 4. The third-order valence-electron chi connectivity index (χ3n) is 3.12. The highest BCUT2D eigenvalue weighted by atomic mass is 16.5. The topological polar surface area (TPSA) is 47.9 Å². The van der Waals surface area contributed by atoms with Gasteiger partial charge >= 0.3 is 0 Å². The SMILES string of the molecule is [2H]c1c([2H])c(C)c([2H])c(OCC([2H])(O)C([2H])([2H])CCCc2c([2H])c([2H])c(OC([2H])([2H])[2H])c(OC)c2[2H])c1[2H]. The highest BCUT2D eigenvalue weighted by Crippen LogP contribution is 2.28. The number of aliphatic hydroxyl groups is 1. The van der Waals surface area contributed by atoms with Gasteiger partial charge in [-0.1, -0.05) is 24.5 Å². The van der Waals surface area contributed by atoms with E-state index in [-0.39, 0.29) is 41.8 Å². The molecular weight excluding hydrogens is 316 g/mol. The smallest absolute Gasteiger partial charge is 0.160 e. The molecule has 0 spiro atoms. The minimum Gasteiger partial charge on any atom is -0.493 e. The van der Waals surface area contributed by atoms with Gasteiger partial charge in [0, 0.05) is 2.74 Å². The van der Waals surface area contributed by atoms with Gasteiger partial charge < -0.3 is 19.3 Å². The number of rotatable bonds is 10. The van der Waals surface area contributed by atoms with Crippen molar-refractivity contribution in [1.82, 2.24) is 0 Å². The average molecular weight is 358 g/mol. The van der Waals surface area contributed by atoms with Crippen molar-refractivity contribution < 1.29 is 37.1 Å². The standard InChI is InChI=1S/C21H28O4/c1-16-7-6-10-19(13-16)25-15-18(22)9-5-4-8-17-11-12-20(23-2)21(14-17)24-3/h6-7,10-14,18,22H,4-5,8-9,15H2,1-3H3/i2D3,6D,7D,9D2,10D,11D,12D,13D,14D,18D. The third-order valence-corrected chi connectivity index (χ3v) is 3.12. The maximum absolute atomic E-state index is 10.5. The third kappa shape index (κ3) is 6.31. The summed E-state index contributed by atoms with van der Waals surface area (Å²) in [6.07, 6.45) is -6.21. The number of hydrogen-bond donors (Lipinski definition) is 1. The normalized spacial score (nSPS) is 21.6. The molecule has 2 rings (SSSR count). The van der Waals surface area contributed by atoms with Crippen molar-refractivity contribution in [3.8, 4) is 17.2 Å². The van der Waals surface area contributed by atoms with E-state index in [0.717, 1.165) is 7.11 Å². The highest BCUT2D eigenvalue weighted by molar-refractivity contribution is 5.42. The van der Waals surface area contributed by atoms with Crippen LogP contribution in [0.1, 0.15) is 48.2 Å². The zero-order valence-corrected chi connectivity index (χ0v) is 14.0. The minimum atomic E-state index is -2.95. The van der Waals surface area contributed by atoms with Gasteiger partial charge in [-0.2, -0.15) is 0 Å². The molecule has 0 aliphatic rings. The van der Waals surface area contributed by atoms with E-state index < -0.39 is 74.2 Å². The second kappa shape index (κ2) is 9.94. The van der Waals surface area contributed by atoms with Crippen LogP contribution in [0.2, 0.25) is 0 Å². The molecule has 0 saturated carbocycles. The van der Waals surface area contributed by atoms with E-state index in [1.807, 2.05) is 0 Å². The van der Waals surface area contributed by atoms with Crippen LogP contribution in [0.3, 0.4) is 0 Å². The molecule has 1 unspecified atom stereocenters. The molecule has 0 aliphatic carbocycles. The maximum Gasteiger partial charge on any atom is 0.160 e. The van der Waals surface area contributed by atoms with Gasteiger partial charge in [0.05, 0.1) is 35.3 Å². The number of methoxy groups -OCH3 is 2. The molecule has 25 heavy (non-hydrogen) atoms. The lowest BCUT2D eigenvalue weighted by Gasteiger charge is -2.13. The van der Waals surface area contributed by atoms with E-state index in [1.165, 1.54) is 6.92 Å². The van der Waals surface area contributed by atoms with Crippen molar-refractivity contribution in [2.24, 2.45) is 0 Å². The summed E-state index contributed by atoms with van der Waals surface area (Å²) in [5.41, 5.74) is 0.00588. The molecule has 0 radical (unpaired) electrons. The van der Waals surface area contributed by atoms with Gasteiger partial charge in [-0.05, 0) is 61.4 Å². The Morgan fingerprint density at radius 2 is 2.08 bits per heavy atom. The van der Waals surface area contributed by atoms with Gasteiger partial charge in [0.2, 0.25) is 0 Å². The van der Waals surface area contributed by atoms with E-state index in [9.17, 15) is 5.11 Å². The van der Waals surface area contributed by atoms with E-state index >= 15 is 0 Å². The van der Waals surface area contributed by atoms with Gasteiger partial charge in [0.15, 0.2) is 11.5 Å². The van der Waals surface area contributed by atoms with Crippen LogP contribution < -0.4 is 14.2 Å². The monoisotopic (exact) mass is 357 g/mol.